The summed E-state index contributed by atoms with van der Waals surface area (Å²) in [6.07, 6.45) is 0. The molecule has 0 bridgehead atoms. The fourth-order valence-electron chi connectivity index (χ4n) is 1.72. The van der Waals surface area contributed by atoms with Gasteiger partial charge in [-0.1, -0.05) is 35.9 Å². The van der Waals surface area contributed by atoms with Gasteiger partial charge in [0.2, 0.25) is 0 Å². The molecule has 1 N–H and O–H groups in total. The summed E-state index contributed by atoms with van der Waals surface area (Å²) in [7, 11) is 0. The minimum absolute atomic E-state index is 0.479. The molecule has 0 atom stereocenters. The molecule has 0 aromatic heterocycles. The molecule has 0 heterocycles. The molecule has 0 aliphatic heterocycles. The number of anilines is 1. The van der Waals surface area contributed by atoms with E-state index in [0.717, 1.165) is 12.2 Å². The second kappa shape index (κ2) is 5.57. The molecule has 2 rings (SSSR count). The molecule has 90 valence electrons. The first-order valence-corrected chi connectivity index (χ1v) is 6.06. The van der Waals surface area contributed by atoms with E-state index in [-0.39, 0.29) is 0 Å². The standard InChI is InChI=1S/C15H13ClN2/c1-11-4-2-3-5-13(11)10-18-14-7-6-12(9-17)15(16)8-14/h2-8,18H,10H2,1H3. The van der Waals surface area contributed by atoms with Crippen molar-refractivity contribution < 1.29 is 0 Å². The Hall–Kier alpha value is -1.98. The number of rotatable bonds is 3. The zero-order valence-electron chi connectivity index (χ0n) is 10.1. The third-order valence-electron chi connectivity index (χ3n) is 2.83. The van der Waals surface area contributed by atoms with Crippen LogP contribution in [0.2, 0.25) is 5.02 Å². The van der Waals surface area contributed by atoms with Gasteiger partial charge in [0.05, 0.1) is 10.6 Å². The molecule has 2 aromatic carbocycles. The Bertz CT molecular complexity index is 600. The Kier molecular flexibility index (Phi) is 3.86. The van der Waals surface area contributed by atoms with E-state index in [1.165, 1.54) is 11.1 Å². The summed E-state index contributed by atoms with van der Waals surface area (Å²) in [6.45, 7) is 2.83. The second-order valence-corrected chi connectivity index (χ2v) is 4.49. The van der Waals surface area contributed by atoms with Crippen LogP contribution in [0.15, 0.2) is 42.5 Å². The van der Waals surface area contributed by atoms with E-state index in [4.69, 9.17) is 16.9 Å². The molecule has 0 fully saturated rings. The first-order chi connectivity index (χ1) is 8.70. The molecular weight excluding hydrogens is 244 g/mol. The Morgan fingerprint density at radius 3 is 2.67 bits per heavy atom. The van der Waals surface area contributed by atoms with Crippen LogP contribution in [0.4, 0.5) is 5.69 Å². The normalized spacial score (nSPS) is 9.83. The lowest BCUT2D eigenvalue weighted by atomic mass is 10.1. The van der Waals surface area contributed by atoms with Gasteiger partial charge in [0.1, 0.15) is 6.07 Å². The van der Waals surface area contributed by atoms with E-state index in [2.05, 4.69) is 24.4 Å². The molecule has 0 aliphatic rings. The van der Waals surface area contributed by atoms with Crippen LogP contribution in [0.25, 0.3) is 0 Å². The van der Waals surface area contributed by atoms with Gasteiger partial charge in [-0.05, 0) is 36.2 Å². The van der Waals surface area contributed by atoms with E-state index in [9.17, 15) is 0 Å². The highest BCUT2D eigenvalue weighted by Crippen LogP contribution is 2.21. The average Bonchev–Trinajstić information content (AvgIpc) is 2.38. The van der Waals surface area contributed by atoms with Crippen molar-refractivity contribution in [3.8, 4) is 6.07 Å². The largest absolute Gasteiger partial charge is 0.381 e. The van der Waals surface area contributed by atoms with Crippen molar-refractivity contribution >= 4 is 17.3 Å². The quantitative estimate of drug-likeness (QED) is 0.896. The maximum atomic E-state index is 8.80. The van der Waals surface area contributed by atoms with Gasteiger partial charge in [0.25, 0.3) is 0 Å². The number of halogens is 1. The van der Waals surface area contributed by atoms with Crippen LogP contribution >= 0.6 is 11.6 Å². The molecule has 0 spiro atoms. The number of nitriles is 1. The maximum absolute atomic E-state index is 8.80. The van der Waals surface area contributed by atoms with Crippen molar-refractivity contribution in [2.75, 3.05) is 5.32 Å². The van der Waals surface area contributed by atoms with Gasteiger partial charge in [-0.15, -0.1) is 0 Å². The zero-order chi connectivity index (χ0) is 13.0. The third-order valence-corrected chi connectivity index (χ3v) is 3.15. The average molecular weight is 257 g/mol. The van der Waals surface area contributed by atoms with Crippen LogP contribution in [0.1, 0.15) is 16.7 Å². The maximum Gasteiger partial charge on any atom is 0.101 e. The minimum atomic E-state index is 0.479. The van der Waals surface area contributed by atoms with Gasteiger partial charge in [0, 0.05) is 12.2 Å². The Morgan fingerprint density at radius 2 is 2.00 bits per heavy atom. The smallest absolute Gasteiger partial charge is 0.101 e. The fourth-order valence-corrected chi connectivity index (χ4v) is 1.94. The van der Waals surface area contributed by atoms with Crippen molar-refractivity contribution in [1.29, 1.82) is 5.26 Å². The second-order valence-electron chi connectivity index (χ2n) is 4.09. The van der Waals surface area contributed by atoms with Crippen molar-refractivity contribution in [2.45, 2.75) is 13.5 Å². The monoisotopic (exact) mass is 256 g/mol. The van der Waals surface area contributed by atoms with Gasteiger partial charge in [-0.25, -0.2) is 0 Å². The van der Waals surface area contributed by atoms with Gasteiger partial charge < -0.3 is 5.32 Å². The highest BCUT2D eigenvalue weighted by Gasteiger charge is 2.01. The van der Waals surface area contributed by atoms with Crippen LogP contribution in [-0.4, -0.2) is 0 Å². The van der Waals surface area contributed by atoms with Crippen LogP contribution < -0.4 is 5.32 Å². The summed E-state index contributed by atoms with van der Waals surface area (Å²) in [6, 6.07) is 15.6. The predicted molar refractivity (Wildman–Crippen MR) is 74.7 cm³/mol. The van der Waals surface area contributed by atoms with Crippen molar-refractivity contribution in [3.63, 3.8) is 0 Å². The van der Waals surface area contributed by atoms with Crippen LogP contribution in [-0.2, 0) is 6.54 Å². The summed E-state index contributed by atoms with van der Waals surface area (Å²) in [5.41, 5.74) is 3.92. The number of hydrogen-bond donors (Lipinski definition) is 1. The number of benzene rings is 2. The van der Waals surface area contributed by atoms with E-state index in [0.29, 0.717) is 10.6 Å². The molecule has 0 radical (unpaired) electrons. The van der Waals surface area contributed by atoms with E-state index in [1.807, 2.05) is 24.3 Å². The lowest BCUT2D eigenvalue weighted by Gasteiger charge is -2.09. The van der Waals surface area contributed by atoms with Gasteiger partial charge in [-0.2, -0.15) is 5.26 Å². The zero-order valence-corrected chi connectivity index (χ0v) is 10.8. The Morgan fingerprint density at radius 1 is 1.22 bits per heavy atom. The van der Waals surface area contributed by atoms with Gasteiger partial charge in [-0.3, -0.25) is 0 Å². The van der Waals surface area contributed by atoms with Crippen molar-refractivity contribution in [3.05, 3.63) is 64.2 Å². The summed E-state index contributed by atoms with van der Waals surface area (Å²) in [5, 5.41) is 12.6. The Labute approximate surface area is 112 Å². The number of aryl methyl sites for hydroxylation is 1. The highest BCUT2D eigenvalue weighted by molar-refractivity contribution is 6.32. The molecule has 0 amide bonds. The summed E-state index contributed by atoms with van der Waals surface area (Å²) >= 11 is 5.98. The van der Waals surface area contributed by atoms with Crippen molar-refractivity contribution in [1.82, 2.24) is 0 Å². The number of hydrogen-bond acceptors (Lipinski definition) is 2. The lowest BCUT2D eigenvalue weighted by molar-refractivity contribution is 1.12. The third kappa shape index (κ3) is 2.82. The first-order valence-electron chi connectivity index (χ1n) is 5.69. The van der Waals surface area contributed by atoms with Crippen LogP contribution in [0.3, 0.4) is 0 Å². The first kappa shape index (κ1) is 12.5. The highest BCUT2D eigenvalue weighted by atomic mass is 35.5. The number of nitrogens with one attached hydrogen (secondary N) is 1. The van der Waals surface area contributed by atoms with E-state index in [1.54, 1.807) is 12.1 Å². The minimum Gasteiger partial charge on any atom is -0.381 e. The van der Waals surface area contributed by atoms with Crippen molar-refractivity contribution in [2.24, 2.45) is 0 Å². The van der Waals surface area contributed by atoms with E-state index >= 15 is 0 Å². The fraction of sp³-hybridized carbons (Fsp3) is 0.133. The SMILES string of the molecule is Cc1ccccc1CNc1ccc(C#N)c(Cl)c1. The van der Waals surface area contributed by atoms with Gasteiger partial charge in [0.15, 0.2) is 0 Å². The van der Waals surface area contributed by atoms with Crippen LogP contribution in [0, 0.1) is 18.3 Å². The molecule has 18 heavy (non-hydrogen) atoms. The van der Waals surface area contributed by atoms with Gasteiger partial charge >= 0.3 is 0 Å². The molecule has 2 aromatic rings. The van der Waals surface area contributed by atoms with E-state index < -0.39 is 0 Å². The summed E-state index contributed by atoms with van der Waals surface area (Å²) in [4.78, 5) is 0. The molecule has 0 aliphatic carbocycles. The molecule has 2 nitrogen and oxygen atoms in total. The lowest BCUT2D eigenvalue weighted by Crippen LogP contribution is -2.01. The molecule has 3 heteroatoms. The Balaban J connectivity index is 2.10. The molecular formula is C15H13ClN2. The number of nitrogens with zero attached hydrogens (tertiary/aromatic N) is 1. The molecule has 0 unspecified atom stereocenters. The molecule has 0 saturated heterocycles. The predicted octanol–water partition coefficient (Wildman–Crippen LogP) is 4.13. The molecule has 0 saturated carbocycles. The van der Waals surface area contributed by atoms with Crippen LogP contribution in [0.5, 0.6) is 0 Å². The summed E-state index contributed by atoms with van der Waals surface area (Å²) < 4.78 is 0. The topological polar surface area (TPSA) is 35.8 Å². The summed E-state index contributed by atoms with van der Waals surface area (Å²) in [5.74, 6) is 0.